The van der Waals surface area contributed by atoms with Gasteiger partial charge in [0.1, 0.15) is 5.78 Å². The largest absolute Gasteiger partial charge is 0.298 e. The number of rotatable bonds is 2. The number of piperidine rings is 1. The first kappa shape index (κ1) is 8.75. The molecule has 3 heteroatoms. The van der Waals surface area contributed by atoms with Crippen LogP contribution in [-0.4, -0.2) is 30.3 Å². The van der Waals surface area contributed by atoms with E-state index in [1.165, 1.54) is 0 Å². The fourth-order valence-corrected chi connectivity index (χ4v) is 1.45. The molecule has 0 bridgehead atoms. The molecule has 1 saturated heterocycles. The Balaban J connectivity index is 2.34. The number of Topliss-reactive ketones (excluding diaryl/α,β-unsaturated/α-hetero) is 1. The van der Waals surface area contributed by atoms with Crippen LogP contribution >= 0.6 is 11.6 Å². The summed E-state index contributed by atoms with van der Waals surface area (Å²) < 4.78 is 0. The van der Waals surface area contributed by atoms with E-state index in [1.54, 1.807) is 0 Å². The van der Waals surface area contributed by atoms with Gasteiger partial charge in [0.25, 0.3) is 0 Å². The molecule has 1 aliphatic rings. The summed E-state index contributed by atoms with van der Waals surface area (Å²) in [5.74, 6) is 0.314. The number of ketones is 1. The number of halogens is 1. The molecule has 0 aromatic heterocycles. The molecule has 0 atom stereocenters. The molecule has 1 fully saturated rings. The van der Waals surface area contributed by atoms with E-state index in [0.29, 0.717) is 23.9 Å². The summed E-state index contributed by atoms with van der Waals surface area (Å²) in [6.45, 7) is 5.75. The summed E-state index contributed by atoms with van der Waals surface area (Å²) in [6.07, 6.45) is 1.69. The minimum atomic E-state index is 0.314. The van der Waals surface area contributed by atoms with Crippen molar-refractivity contribution in [3.05, 3.63) is 11.6 Å². The van der Waals surface area contributed by atoms with Crippen LogP contribution in [-0.2, 0) is 4.79 Å². The van der Waals surface area contributed by atoms with E-state index in [0.717, 1.165) is 19.4 Å². The average molecular weight is 174 g/mol. The van der Waals surface area contributed by atoms with E-state index in [-0.39, 0.29) is 0 Å². The highest BCUT2D eigenvalue weighted by molar-refractivity contribution is 6.29. The monoisotopic (exact) mass is 173 g/mol. The molecule has 1 aliphatic heterocycles. The van der Waals surface area contributed by atoms with Crippen LogP contribution in [0.3, 0.4) is 0 Å². The van der Waals surface area contributed by atoms with Crippen LogP contribution in [0.5, 0.6) is 0 Å². The first-order valence-corrected chi connectivity index (χ1v) is 4.13. The van der Waals surface area contributed by atoms with Crippen molar-refractivity contribution in [1.29, 1.82) is 0 Å². The summed E-state index contributed by atoms with van der Waals surface area (Å²) in [6, 6.07) is 0. The van der Waals surface area contributed by atoms with Gasteiger partial charge in [-0.15, -0.1) is 0 Å². The Morgan fingerprint density at radius 2 is 2.45 bits per heavy atom. The van der Waals surface area contributed by atoms with Crippen molar-refractivity contribution in [2.24, 2.45) is 0 Å². The molecule has 0 aromatic carbocycles. The van der Waals surface area contributed by atoms with E-state index >= 15 is 0 Å². The van der Waals surface area contributed by atoms with E-state index < -0.39 is 0 Å². The number of hydrogen-bond donors (Lipinski definition) is 0. The van der Waals surface area contributed by atoms with Gasteiger partial charge in [0.2, 0.25) is 0 Å². The molecule has 2 nitrogen and oxygen atoms in total. The van der Waals surface area contributed by atoms with Gasteiger partial charge in [-0.25, -0.2) is 0 Å². The van der Waals surface area contributed by atoms with Crippen LogP contribution in [0, 0.1) is 0 Å². The Bertz CT molecular complexity index is 177. The first-order valence-electron chi connectivity index (χ1n) is 3.76. The van der Waals surface area contributed by atoms with Crippen molar-refractivity contribution in [2.75, 3.05) is 19.6 Å². The molecular formula is C8H12ClNO. The normalized spacial score (nSPS) is 20.3. The Morgan fingerprint density at radius 1 is 1.73 bits per heavy atom. The number of likely N-dealkylation sites (tertiary alicyclic amines) is 1. The molecule has 1 heterocycles. The zero-order valence-corrected chi connectivity index (χ0v) is 7.23. The van der Waals surface area contributed by atoms with Crippen molar-refractivity contribution in [3.63, 3.8) is 0 Å². The maximum atomic E-state index is 10.9. The Hall–Kier alpha value is -0.340. The standard InChI is InChI=1S/C8H12ClNO/c1-7(9)5-10-4-2-3-8(11)6-10/h1-6H2. The molecule has 0 unspecified atom stereocenters. The number of hydrogen-bond acceptors (Lipinski definition) is 2. The summed E-state index contributed by atoms with van der Waals surface area (Å²) in [5, 5.41) is 0.611. The van der Waals surface area contributed by atoms with E-state index in [4.69, 9.17) is 11.6 Å². The second-order valence-electron chi connectivity index (χ2n) is 2.87. The lowest BCUT2D eigenvalue weighted by atomic mass is 10.1. The van der Waals surface area contributed by atoms with E-state index in [1.807, 2.05) is 4.90 Å². The fraction of sp³-hybridized carbons (Fsp3) is 0.625. The van der Waals surface area contributed by atoms with Crippen molar-refractivity contribution >= 4 is 17.4 Å². The minimum absolute atomic E-state index is 0.314. The summed E-state index contributed by atoms with van der Waals surface area (Å²) in [4.78, 5) is 13.0. The highest BCUT2D eigenvalue weighted by Crippen LogP contribution is 2.08. The highest BCUT2D eigenvalue weighted by Gasteiger charge is 2.16. The van der Waals surface area contributed by atoms with Gasteiger partial charge >= 0.3 is 0 Å². The molecule has 0 aliphatic carbocycles. The lowest BCUT2D eigenvalue weighted by molar-refractivity contribution is -0.121. The quantitative estimate of drug-likeness (QED) is 0.630. The van der Waals surface area contributed by atoms with Crippen molar-refractivity contribution in [1.82, 2.24) is 4.90 Å². The first-order chi connectivity index (χ1) is 5.18. The van der Waals surface area contributed by atoms with E-state index in [2.05, 4.69) is 6.58 Å². The van der Waals surface area contributed by atoms with Crippen LogP contribution in [0.4, 0.5) is 0 Å². The Kier molecular flexibility index (Phi) is 3.09. The van der Waals surface area contributed by atoms with Gasteiger partial charge in [-0.05, 0) is 13.0 Å². The number of carbonyl (C=O) groups excluding carboxylic acids is 1. The lowest BCUT2D eigenvalue weighted by Gasteiger charge is -2.24. The molecule has 0 radical (unpaired) electrons. The zero-order chi connectivity index (χ0) is 8.27. The SMILES string of the molecule is C=C(Cl)CN1CCCC(=O)C1. The smallest absolute Gasteiger partial charge is 0.146 e. The van der Waals surface area contributed by atoms with Gasteiger partial charge in [-0.2, -0.15) is 0 Å². The van der Waals surface area contributed by atoms with Crippen LogP contribution in [0.25, 0.3) is 0 Å². The molecule has 0 N–H and O–H groups in total. The Morgan fingerprint density at radius 3 is 3.00 bits per heavy atom. The number of carbonyl (C=O) groups is 1. The van der Waals surface area contributed by atoms with E-state index in [9.17, 15) is 4.79 Å². The van der Waals surface area contributed by atoms with Gasteiger partial charge < -0.3 is 0 Å². The van der Waals surface area contributed by atoms with Gasteiger partial charge in [0.05, 0.1) is 6.54 Å². The molecular weight excluding hydrogens is 162 g/mol. The third-order valence-electron chi connectivity index (χ3n) is 1.73. The predicted octanol–water partition coefficient (Wildman–Crippen LogP) is 1.40. The highest BCUT2D eigenvalue weighted by atomic mass is 35.5. The maximum absolute atomic E-state index is 10.9. The summed E-state index contributed by atoms with van der Waals surface area (Å²) in [5.41, 5.74) is 0. The van der Waals surface area contributed by atoms with Gasteiger partial charge in [-0.1, -0.05) is 18.2 Å². The lowest BCUT2D eigenvalue weighted by Crippen LogP contribution is -2.36. The van der Waals surface area contributed by atoms with Crippen LogP contribution in [0.15, 0.2) is 11.6 Å². The summed E-state index contributed by atoms with van der Waals surface area (Å²) >= 11 is 5.61. The molecule has 62 valence electrons. The van der Waals surface area contributed by atoms with Crippen LogP contribution in [0.1, 0.15) is 12.8 Å². The van der Waals surface area contributed by atoms with Gasteiger partial charge in [-0.3, -0.25) is 9.69 Å². The maximum Gasteiger partial charge on any atom is 0.146 e. The average Bonchev–Trinajstić information content (AvgIpc) is 1.85. The van der Waals surface area contributed by atoms with Crippen molar-refractivity contribution in [3.8, 4) is 0 Å². The second kappa shape index (κ2) is 3.88. The third-order valence-corrected chi connectivity index (χ3v) is 1.84. The predicted molar refractivity (Wildman–Crippen MR) is 45.7 cm³/mol. The topological polar surface area (TPSA) is 20.3 Å². The van der Waals surface area contributed by atoms with Crippen molar-refractivity contribution < 1.29 is 4.79 Å². The molecule has 0 aromatic rings. The minimum Gasteiger partial charge on any atom is -0.298 e. The van der Waals surface area contributed by atoms with Crippen LogP contribution < -0.4 is 0 Å². The summed E-state index contributed by atoms with van der Waals surface area (Å²) in [7, 11) is 0. The fourth-order valence-electron chi connectivity index (χ4n) is 1.28. The van der Waals surface area contributed by atoms with Crippen LogP contribution in [0.2, 0.25) is 0 Å². The Labute approximate surface area is 71.8 Å². The molecule has 11 heavy (non-hydrogen) atoms. The molecule has 0 spiro atoms. The third kappa shape index (κ3) is 3.04. The van der Waals surface area contributed by atoms with Gasteiger partial charge in [0, 0.05) is 18.0 Å². The van der Waals surface area contributed by atoms with Crippen molar-refractivity contribution in [2.45, 2.75) is 12.8 Å². The van der Waals surface area contributed by atoms with Gasteiger partial charge in [0.15, 0.2) is 0 Å². The molecule has 0 saturated carbocycles. The zero-order valence-electron chi connectivity index (χ0n) is 6.48. The second-order valence-corrected chi connectivity index (χ2v) is 3.40. The molecule has 1 rings (SSSR count). The number of nitrogens with zero attached hydrogens (tertiary/aromatic N) is 1. The molecule has 0 amide bonds.